The number of benzene rings is 1. The van der Waals surface area contributed by atoms with Crippen LogP contribution in [0.25, 0.3) is 0 Å². The van der Waals surface area contributed by atoms with E-state index in [1.165, 1.54) is 13.2 Å². The van der Waals surface area contributed by atoms with Crippen molar-refractivity contribution in [1.29, 1.82) is 0 Å². The molecule has 1 aromatic carbocycles. The first-order valence-corrected chi connectivity index (χ1v) is 5.85. The van der Waals surface area contributed by atoms with Crippen molar-refractivity contribution < 1.29 is 14.4 Å². The zero-order valence-electron chi connectivity index (χ0n) is 10.2. The maximum atomic E-state index is 10.7. The second-order valence-electron chi connectivity index (χ2n) is 4.40. The minimum Gasteiger partial charge on any atom is -0.490 e. The molecule has 2 rings (SSSR count). The molecule has 1 aliphatic rings. The van der Waals surface area contributed by atoms with Crippen molar-refractivity contribution >= 4 is 5.69 Å². The molecule has 0 bridgehead atoms. The third-order valence-electron chi connectivity index (χ3n) is 3.08. The van der Waals surface area contributed by atoms with E-state index < -0.39 is 4.92 Å². The van der Waals surface area contributed by atoms with Crippen molar-refractivity contribution in [2.45, 2.75) is 31.4 Å². The van der Waals surface area contributed by atoms with E-state index in [1.807, 2.05) is 0 Å². The Kier molecular flexibility index (Phi) is 3.66. The molecule has 0 saturated heterocycles. The van der Waals surface area contributed by atoms with Crippen LogP contribution >= 0.6 is 0 Å². The minimum atomic E-state index is -0.478. The maximum Gasteiger partial charge on any atom is 0.311 e. The topological polar surface area (TPSA) is 87.6 Å². The van der Waals surface area contributed by atoms with E-state index in [2.05, 4.69) is 0 Å². The summed E-state index contributed by atoms with van der Waals surface area (Å²) in [5.74, 6) is 0.788. The Morgan fingerprint density at radius 1 is 1.44 bits per heavy atom. The summed E-state index contributed by atoms with van der Waals surface area (Å²) in [5, 5.41) is 10.7. The zero-order chi connectivity index (χ0) is 13.1. The second kappa shape index (κ2) is 5.22. The molecule has 1 fully saturated rings. The molecule has 98 valence electrons. The smallest absolute Gasteiger partial charge is 0.311 e. The molecule has 1 saturated carbocycles. The van der Waals surface area contributed by atoms with Crippen LogP contribution in [-0.4, -0.2) is 24.2 Å². The lowest BCUT2D eigenvalue weighted by Crippen LogP contribution is -2.19. The number of rotatable bonds is 4. The summed E-state index contributed by atoms with van der Waals surface area (Å²) in [7, 11) is 1.40. The van der Waals surface area contributed by atoms with Gasteiger partial charge in [0.05, 0.1) is 12.0 Å². The zero-order valence-corrected chi connectivity index (χ0v) is 10.2. The summed E-state index contributed by atoms with van der Waals surface area (Å²) >= 11 is 0. The first-order chi connectivity index (χ1) is 8.60. The standard InChI is InChI=1S/C12H16N2O4/c1-17-12-7-10(4-5-11(12)14(15)16)18-9-3-2-8(13)6-9/h4-5,7-9H,2-3,6,13H2,1H3. The van der Waals surface area contributed by atoms with Gasteiger partial charge in [-0.05, 0) is 25.3 Å². The van der Waals surface area contributed by atoms with Crippen LogP contribution in [0.4, 0.5) is 5.69 Å². The largest absolute Gasteiger partial charge is 0.490 e. The van der Waals surface area contributed by atoms with Crippen molar-refractivity contribution in [3.63, 3.8) is 0 Å². The summed E-state index contributed by atoms with van der Waals surface area (Å²) < 4.78 is 10.7. The average molecular weight is 252 g/mol. The lowest BCUT2D eigenvalue weighted by Gasteiger charge is -2.14. The monoisotopic (exact) mass is 252 g/mol. The summed E-state index contributed by atoms with van der Waals surface area (Å²) in [4.78, 5) is 10.3. The van der Waals surface area contributed by atoms with E-state index >= 15 is 0 Å². The van der Waals surface area contributed by atoms with Crippen LogP contribution in [0.3, 0.4) is 0 Å². The van der Waals surface area contributed by atoms with E-state index in [1.54, 1.807) is 12.1 Å². The van der Waals surface area contributed by atoms with Crippen LogP contribution in [0.15, 0.2) is 18.2 Å². The highest BCUT2D eigenvalue weighted by molar-refractivity contribution is 5.50. The van der Waals surface area contributed by atoms with Crippen molar-refractivity contribution in [1.82, 2.24) is 0 Å². The van der Waals surface area contributed by atoms with Gasteiger partial charge in [0.1, 0.15) is 11.9 Å². The molecular weight excluding hydrogens is 236 g/mol. The molecular formula is C12H16N2O4. The predicted molar refractivity (Wildman–Crippen MR) is 65.9 cm³/mol. The van der Waals surface area contributed by atoms with Crippen molar-refractivity contribution in [3.05, 3.63) is 28.3 Å². The molecule has 2 unspecified atom stereocenters. The molecule has 0 amide bonds. The number of nitrogens with two attached hydrogens (primary N) is 1. The fourth-order valence-electron chi connectivity index (χ4n) is 2.15. The van der Waals surface area contributed by atoms with Crippen molar-refractivity contribution in [2.24, 2.45) is 5.73 Å². The highest BCUT2D eigenvalue weighted by Crippen LogP contribution is 2.32. The Morgan fingerprint density at radius 3 is 2.78 bits per heavy atom. The van der Waals surface area contributed by atoms with Crippen LogP contribution in [0.1, 0.15) is 19.3 Å². The summed E-state index contributed by atoms with van der Waals surface area (Å²) in [6, 6.07) is 4.71. The minimum absolute atomic E-state index is 0.0621. The number of nitrogens with zero attached hydrogens (tertiary/aromatic N) is 1. The number of methoxy groups -OCH3 is 1. The van der Waals surface area contributed by atoms with Gasteiger partial charge in [-0.25, -0.2) is 0 Å². The molecule has 0 radical (unpaired) electrons. The third-order valence-corrected chi connectivity index (χ3v) is 3.08. The van der Waals surface area contributed by atoms with Crippen LogP contribution in [0.5, 0.6) is 11.5 Å². The molecule has 2 atom stereocenters. The van der Waals surface area contributed by atoms with Gasteiger partial charge >= 0.3 is 5.69 Å². The van der Waals surface area contributed by atoms with E-state index in [0.717, 1.165) is 19.3 Å². The van der Waals surface area contributed by atoms with E-state index in [0.29, 0.717) is 5.75 Å². The fourth-order valence-corrected chi connectivity index (χ4v) is 2.15. The fraction of sp³-hybridized carbons (Fsp3) is 0.500. The van der Waals surface area contributed by atoms with Gasteiger partial charge in [0.25, 0.3) is 0 Å². The lowest BCUT2D eigenvalue weighted by molar-refractivity contribution is -0.385. The van der Waals surface area contributed by atoms with Gasteiger partial charge in [0.2, 0.25) is 5.75 Å². The molecule has 6 heteroatoms. The Morgan fingerprint density at radius 2 is 2.22 bits per heavy atom. The number of nitro groups is 1. The lowest BCUT2D eigenvalue weighted by atomic mass is 10.2. The summed E-state index contributed by atoms with van der Waals surface area (Å²) in [6.45, 7) is 0. The summed E-state index contributed by atoms with van der Waals surface area (Å²) in [5.41, 5.74) is 5.74. The third kappa shape index (κ3) is 2.70. The molecule has 0 heterocycles. The Balaban J connectivity index is 2.12. The van der Waals surface area contributed by atoms with Gasteiger partial charge in [-0.3, -0.25) is 10.1 Å². The normalized spacial score (nSPS) is 22.8. The number of hydrogen-bond acceptors (Lipinski definition) is 5. The van der Waals surface area contributed by atoms with E-state index in [-0.39, 0.29) is 23.6 Å². The maximum absolute atomic E-state index is 10.7. The molecule has 18 heavy (non-hydrogen) atoms. The number of nitro benzene ring substituents is 1. The second-order valence-corrected chi connectivity index (χ2v) is 4.40. The molecule has 1 aliphatic carbocycles. The SMILES string of the molecule is COc1cc(OC2CCC(N)C2)ccc1[N+](=O)[O-]. The predicted octanol–water partition coefficient (Wildman–Crippen LogP) is 1.86. The molecule has 0 aliphatic heterocycles. The van der Waals surface area contributed by atoms with Crippen molar-refractivity contribution in [3.8, 4) is 11.5 Å². The molecule has 1 aromatic rings. The molecule has 0 aromatic heterocycles. The van der Waals surface area contributed by atoms with Gasteiger partial charge in [-0.2, -0.15) is 0 Å². The van der Waals surface area contributed by atoms with Gasteiger partial charge in [0.15, 0.2) is 0 Å². The van der Waals surface area contributed by atoms with E-state index in [9.17, 15) is 10.1 Å². The average Bonchev–Trinajstić information content (AvgIpc) is 2.74. The molecule has 6 nitrogen and oxygen atoms in total. The van der Waals surface area contributed by atoms with Crippen LogP contribution < -0.4 is 15.2 Å². The van der Waals surface area contributed by atoms with Gasteiger partial charge < -0.3 is 15.2 Å². The quantitative estimate of drug-likeness (QED) is 0.652. The van der Waals surface area contributed by atoms with Crippen LogP contribution in [-0.2, 0) is 0 Å². The van der Waals surface area contributed by atoms with Crippen LogP contribution in [0.2, 0.25) is 0 Å². The highest BCUT2D eigenvalue weighted by Gasteiger charge is 2.24. The number of hydrogen-bond donors (Lipinski definition) is 1. The highest BCUT2D eigenvalue weighted by atomic mass is 16.6. The van der Waals surface area contributed by atoms with Gasteiger partial charge in [-0.15, -0.1) is 0 Å². The van der Waals surface area contributed by atoms with E-state index in [4.69, 9.17) is 15.2 Å². The van der Waals surface area contributed by atoms with Gasteiger partial charge in [0, 0.05) is 18.2 Å². The Hall–Kier alpha value is -1.82. The Bertz CT molecular complexity index is 450. The first kappa shape index (κ1) is 12.6. The van der Waals surface area contributed by atoms with Crippen molar-refractivity contribution in [2.75, 3.05) is 7.11 Å². The number of ether oxygens (including phenoxy) is 2. The molecule has 0 spiro atoms. The summed E-state index contributed by atoms with van der Waals surface area (Å²) in [6.07, 6.45) is 2.78. The Labute approximate surface area is 105 Å². The molecule has 2 N–H and O–H groups in total. The van der Waals surface area contributed by atoms with Crippen LogP contribution in [0, 0.1) is 10.1 Å². The van der Waals surface area contributed by atoms with Gasteiger partial charge in [-0.1, -0.05) is 0 Å². The first-order valence-electron chi connectivity index (χ1n) is 5.85.